The molecule has 0 saturated carbocycles. The van der Waals surface area contributed by atoms with Crippen LogP contribution in [-0.2, 0) is 0 Å². The van der Waals surface area contributed by atoms with Crippen LogP contribution in [0.25, 0.3) is 0 Å². The monoisotopic (exact) mass is 355 g/mol. The number of hydrogen-bond acceptors (Lipinski definition) is 1. The molecule has 1 nitrogen and oxygen atoms in total. The van der Waals surface area contributed by atoms with Crippen molar-refractivity contribution in [3.8, 4) is 0 Å². The molecule has 1 unspecified atom stereocenters. The predicted molar refractivity (Wildman–Crippen MR) is 85.9 cm³/mol. The van der Waals surface area contributed by atoms with E-state index in [1.165, 1.54) is 6.07 Å². The molecule has 0 bridgehead atoms. The smallest absolute Gasteiger partial charge is 0.128 e. The highest BCUT2D eigenvalue weighted by Gasteiger charge is 2.19. The lowest BCUT2D eigenvalue weighted by atomic mass is 9.95. The molecule has 0 aromatic heterocycles. The average molecular weight is 357 g/mol. The molecular weight excluding hydrogens is 341 g/mol. The zero-order valence-corrected chi connectivity index (χ0v) is 13.9. The molecule has 1 N–H and O–H groups in total. The van der Waals surface area contributed by atoms with E-state index in [4.69, 9.17) is 11.6 Å². The Morgan fingerprint density at radius 1 is 1.10 bits per heavy atom. The van der Waals surface area contributed by atoms with Gasteiger partial charge in [0.05, 0.1) is 6.04 Å². The fraction of sp³-hybridized carbons (Fsp3) is 0.250. The van der Waals surface area contributed by atoms with Gasteiger partial charge in [0.15, 0.2) is 0 Å². The zero-order valence-electron chi connectivity index (χ0n) is 11.6. The summed E-state index contributed by atoms with van der Waals surface area (Å²) < 4.78 is 14.9. The quantitative estimate of drug-likeness (QED) is 0.800. The highest BCUT2D eigenvalue weighted by Crippen LogP contribution is 2.32. The molecule has 0 aliphatic carbocycles. The minimum absolute atomic E-state index is 0.248. The van der Waals surface area contributed by atoms with Crippen molar-refractivity contribution in [2.45, 2.75) is 19.9 Å². The summed E-state index contributed by atoms with van der Waals surface area (Å²) in [5, 5.41) is 3.79. The topological polar surface area (TPSA) is 12.0 Å². The number of halogens is 3. The molecule has 2 rings (SSSR count). The van der Waals surface area contributed by atoms with Gasteiger partial charge in [0.25, 0.3) is 0 Å². The molecule has 0 radical (unpaired) electrons. The van der Waals surface area contributed by atoms with Crippen LogP contribution in [-0.4, -0.2) is 7.05 Å². The first kappa shape index (κ1) is 15.5. The van der Waals surface area contributed by atoms with Crippen molar-refractivity contribution in [2.75, 3.05) is 7.05 Å². The summed E-state index contributed by atoms with van der Waals surface area (Å²) in [7, 11) is 1.80. The summed E-state index contributed by atoms with van der Waals surface area (Å²) in [5.74, 6) is -0.248. The SMILES string of the molecule is CNC(c1cc(Br)ccc1F)c1cc(C)c(C)cc1Cl. The summed E-state index contributed by atoms with van der Waals surface area (Å²) in [6.07, 6.45) is 0. The molecule has 106 valence electrons. The average Bonchev–Trinajstić information content (AvgIpc) is 2.40. The lowest BCUT2D eigenvalue weighted by molar-refractivity contribution is 0.575. The van der Waals surface area contributed by atoms with Crippen LogP contribution in [0.5, 0.6) is 0 Å². The van der Waals surface area contributed by atoms with Gasteiger partial charge < -0.3 is 5.32 Å². The van der Waals surface area contributed by atoms with Crippen molar-refractivity contribution >= 4 is 27.5 Å². The van der Waals surface area contributed by atoms with Gasteiger partial charge in [-0.25, -0.2) is 4.39 Å². The summed E-state index contributed by atoms with van der Waals surface area (Å²) in [6.45, 7) is 4.04. The van der Waals surface area contributed by atoms with Crippen molar-refractivity contribution < 1.29 is 4.39 Å². The third-order valence-corrected chi connectivity index (χ3v) is 4.30. The number of hydrogen-bond donors (Lipinski definition) is 1. The Morgan fingerprint density at radius 3 is 2.40 bits per heavy atom. The molecule has 0 heterocycles. The largest absolute Gasteiger partial charge is 0.309 e. The first-order valence-electron chi connectivity index (χ1n) is 6.33. The van der Waals surface area contributed by atoms with Gasteiger partial charge in [0, 0.05) is 15.1 Å². The van der Waals surface area contributed by atoms with Gasteiger partial charge in [-0.15, -0.1) is 0 Å². The van der Waals surface area contributed by atoms with E-state index in [0.29, 0.717) is 10.6 Å². The maximum absolute atomic E-state index is 14.1. The van der Waals surface area contributed by atoms with Gasteiger partial charge in [-0.3, -0.25) is 0 Å². The summed E-state index contributed by atoms with van der Waals surface area (Å²) >= 11 is 9.73. The summed E-state index contributed by atoms with van der Waals surface area (Å²) in [5.41, 5.74) is 3.73. The van der Waals surface area contributed by atoms with E-state index in [0.717, 1.165) is 21.2 Å². The van der Waals surface area contributed by atoms with Crippen molar-refractivity contribution in [3.63, 3.8) is 0 Å². The van der Waals surface area contributed by atoms with E-state index in [1.54, 1.807) is 19.2 Å². The fourth-order valence-electron chi connectivity index (χ4n) is 2.24. The van der Waals surface area contributed by atoms with Crippen LogP contribution in [0.15, 0.2) is 34.8 Å². The molecule has 0 aliphatic rings. The van der Waals surface area contributed by atoms with E-state index >= 15 is 0 Å². The molecular formula is C16H16BrClFN. The Hall–Kier alpha value is -0.900. The molecule has 4 heteroatoms. The van der Waals surface area contributed by atoms with Crippen molar-refractivity contribution in [3.05, 3.63) is 67.9 Å². The van der Waals surface area contributed by atoms with E-state index in [1.807, 2.05) is 26.0 Å². The third-order valence-electron chi connectivity index (χ3n) is 3.48. The van der Waals surface area contributed by atoms with Crippen LogP contribution in [0.1, 0.15) is 28.3 Å². The zero-order chi connectivity index (χ0) is 14.9. The van der Waals surface area contributed by atoms with E-state index in [2.05, 4.69) is 21.2 Å². The predicted octanol–water partition coefficient (Wildman–Crippen LogP) is 5.17. The van der Waals surface area contributed by atoms with Crippen LogP contribution in [0.4, 0.5) is 4.39 Å². The normalized spacial score (nSPS) is 12.5. The Balaban J connectivity index is 2.58. The van der Waals surface area contributed by atoms with Gasteiger partial charge >= 0.3 is 0 Å². The number of rotatable bonds is 3. The Kier molecular flexibility index (Phi) is 4.84. The summed E-state index contributed by atoms with van der Waals surface area (Å²) in [6, 6.07) is 8.58. The van der Waals surface area contributed by atoms with Gasteiger partial charge in [-0.2, -0.15) is 0 Å². The maximum atomic E-state index is 14.1. The van der Waals surface area contributed by atoms with Gasteiger partial charge in [0.2, 0.25) is 0 Å². The van der Waals surface area contributed by atoms with Gasteiger partial charge in [-0.05, 0) is 61.9 Å². The standard InChI is InChI=1S/C16H16BrClFN/c1-9-6-12(14(18)7-10(9)2)16(20-3)13-8-11(17)4-5-15(13)19/h4-8,16,20H,1-3H3. The second-order valence-corrected chi connectivity index (χ2v) is 6.17. The van der Waals surface area contributed by atoms with E-state index in [-0.39, 0.29) is 11.9 Å². The van der Waals surface area contributed by atoms with E-state index in [9.17, 15) is 4.39 Å². The maximum Gasteiger partial charge on any atom is 0.128 e. The fourth-order valence-corrected chi connectivity index (χ4v) is 2.94. The minimum Gasteiger partial charge on any atom is -0.309 e. The molecule has 0 spiro atoms. The molecule has 0 saturated heterocycles. The molecule has 1 atom stereocenters. The minimum atomic E-state index is -0.278. The first-order valence-corrected chi connectivity index (χ1v) is 7.50. The van der Waals surface area contributed by atoms with Gasteiger partial charge in [0.1, 0.15) is 5.82 Å². The third kappa shape index (κ3) is 3.05. The second kappa shape index (κ2) is 6.25. The first-order chi connectivity index (χ1) is 9.43. The highest BCUT2D eigenvalue weighted by atomic mass is 79.9. The van der Waals surface area contributed by atoms with Crippen molar-refractivity contribution in [1.82, 2.24) is 5.32 Å². The van der Waals surface area contributed by atoms with Crippen LogP contribution in [0, 0.1) is 19.7 Å². The van der Waals surface area contributed by atoms with E-state index < -0.39 is 0 Å². The highest BCUT2D eigenvalue weighted by molar-refractivity contribution is 9.10. The van der Waals surface area contributed by atoms with Gasteiger partial charge in [-0.1, -0.05) is 33.6 Å². The number of nitrogens with one attached hydrogen (secondary N) is 1. The Labute approximate surface area is 132 Å². The Morgan fingerprint density at radius 2 is 1.75 bits per heavy atom. The molecule has 0 amide bonds. The van der Waals surface area contributed by atoms with Crippen LogP contribution >= 0.6 is 27.5 Å². The molecule has 0 aliphatic heterocycles. The molecule has 20 heavy (non-hydrogen) atoms. The van der Waals surface area contributed by atoms with Crippen LogP contribution in [0.3, 0.4) is 0 Å². The number of benzene rings is 2. The van der Waals surface area contributed by atoms with Crippen LogP contribution in [0.2, 0.25) is 5.02 Å². The summed E-state index contributed by atoms with van der Waals surface area (Å²) in [4.78, 5) is 0. The second-order valence-electron chi connectivity index (χ2n) is 4.85. The molecule has 2 aromatic rings. The van der Waals surface area contributed by atoms with Crippen molar-refractivity contribution in [2.24, 2.45) is 0 Å². The number of aryl methyl sites for hydroxylation is 2. The van der Waals surface area contributed by atoms with Crippen LogP contribution < -0.4 is 5.32 Å². The Bertz CT molecular complexity index is 643. The lowest BCUT2D eigenvalue weighted by Crippen LogP contribution is -2.19. The lowest BCUT2D eigenvalue weighted by Gasteiger charge is -2.21. The molecule has 2 aromatic carbocycles. The molecule has 0 fully saturated rings. The van der Waals surface area contributed by atoms with Crippen molar-refractivity contribution in [1.29, 1.82) is 0 Å².